The van der Waals surface area contributed by atoms with Crippen molar-refractivity contribution in [1.29, 1.82) is 0 Å². The first-order valence-electron chi connectivity index (χ1n) is 3.73. The monoisotopic (exact) mass is 219 g/mol. The van der Waals surface area contributed by atoms with Gasteiger partial charge in [-0.05, 0) is 13.0 Å². The van der Waals surface area contributed by atoms with Crippen molar-refractivity contribution in [2.24, 2.45) is 5.73 Å². The molecule has 1 aromatic carbocycles. The summed E-state index contributed by atoms with van der Waals surface area (Å²) >= 11 is 0. The van der Waals surface area contributed by atoms with Crippen molar-refractivity contribution in [3.63, 3.8) is 0 Å². The van der Waals surface area contributed by atoms with Crippen LogP contribution in [0.5, 0.6) is 0 Å². The van der Waals surface area contributed by atoms with E-state index in [2.05, 4.69) is 0 Å². The summed E-state index contributed by atoms with van der Waals surface area (Å²) in [6.45, 7) is 1.26. The van der Waals surface area contributed by atoms with E-state index in [1.165, 1.54) is 25.1 Å². The van der Waals surface area contributed by atoms with E-state index in [1.807, 2.05) is 0 Å². The highest BCUT2D eigenvalue weighted by molar-refractivity contribution is 5.85. The second kappa shape index (κ2) is 4.39. The Labute approximate surface area is 87.1 Å². The van der Waals surface area contributed by atoms with E-state index < -0.39 is 17.3 Å². The fourth-order valence-electron chi connectivity index (χ4n) is 0.998. The Kier molecular flexibility index (Phi) is 4.04. The molecule has 0 saturated heterocycles. The van der Waals surface area contributed by atoms with E-state index in [1.54, 1.807) is 6.07 Å². The van der Waals surface area contributed by atoms with E-state index >= 15 is 0 Å². The molecule has 1 unspecified atom stereocenters. The SMILES string of the molecule is CC(N)(C(=O)O)c1ccccc1F.Cl. The van der Waals surface area contributed by atoms with E-state index in [9.17, 15) is 9.18 Å². The summed E-state index contributed by atoms with van der Waals surface area (Å²) in [6, 6.07) is 5.58. The quantitative estimate of drug-likeness (QED) is 0.793. The van der Waals surface area contributed by atoms with Gasteiger partial charge in [-0.25, -0.2) is 9.18 Å². The summed E-state index contributed by atoms with van der Waals surface area (Å²) < 4.78 is 13.1. The molecule has 0 fully saturated rings. The second-order valence-corrected chi connectivity index (χ2v) is 2.99. The summed E-state index contributed by atoms with van der Waals surface area (Å²) in [5.41, 5.74) is 3.76. The lowest BCUT2D eigenvalue weighted by atomic mass is 9.93. The minimum Gasteiger partial charge on any atom is -0.480 e. The third-order valence-corrected chi connectivity index (χ3v) is 1.88. The van der Waals surface area contributed by atoms with Gasteiger partial charge in [0, 0.05) is 5.56 Å². The Balaban J connectivity index is 0.00000169. The van der Waals surface area contributed by atoms with Crippen LogP contribution >= 0.6 is 12.4 Å². The molecule has 3 N–H and O–H groups in total. The van der Waals surface area contributed by atoms with Gasteiger partial charge in [-0.15, -0.1) is 12.4 Å². The van der Waals surface area contributed by atoms with Gasteiger partial charge in [0.1, 0.15) is 11.4 Å². The molecular formula is C9H11ClFNO2. The number of hydrogen-bond acceptors (Lipinski definition) is 2. The molecule has 0 aliphatic rings. The number of nitrogens with two attached hydrogens (primary N) is 1. The molecule has 0 aliphatic carbocycles. The van der Waals surface area contributed by atoms with Crippen LogP contribution in [-0.2, 0) is 10.3 Å². The molecule has 0 aliphatic heterocycles. The van der Waals surface area contributed by atoms with Crippen LogP contribution in [0.2, 0.25) is 0 Å². The van der Waals surface area contributed by atoms with Gasteiger partial charge in [-0.2, -0.15) is 0 Å². The number of aliphatic carboxylic acids is 1. The molecule has 1 rings (SSSR count). The molecule has 1 aromatic rings. The number of benzene rings is 1. The van der Waals surface area contributed by atoms with Crippen molar-refractivity contribution in [3.8, 4) is 0 Å². The molecule has 5 heteroatoms. The van der Waals surface area contributed by atoms with E-state index in [0.29, 0.717) is 0 Å². The first-order valence-corrected chi connectivity index (χ1v) is 3.73. The highest BCUT2D eigenvalue weighted by Crippen LogP contribution is 2.20. The van der Waals surface area contributed by atoms with E-state index in [4.69, 9.17) is 10.8 Å². The zero-order chi connectivity index (χ0) is 10.1. The van der Waals surface area contributed by atoms with Crippen LogP contribution in [0.1, 0.15) is 12.5 Å². The Bertz CT molecular complexity index is 341. The van der Waals surface area contributed by atoms with E-state index in [0.717, 1.165) is 0 Å². The number of rotatable bonds is 2. The highest BCUT2D eigenvalue weighted by Gasteiger charge is 2.32. The van der Waals surface area contributed by atoms with Gasteiger partial charge in [-0.1, -0.05) is 18.2 Å². The average molecular weight is 220 g/mol. The summed E-state index contributed by atoms with van der Waals surface area (Å²) in [4.78, 5) is 10.7. The van der Waals surface area contributed by atoms with Crippen LogP contribution in [0.4, 0.5) is 4.39 Å². The van der Waals surface area contributed by atoms with Gasteiger partial charge in [0.2, 0.25) is 0 Å². The number of halogens is 2. The first kappa shape index (κ1) is 12.9. The van der Waals surface area contributed by atoms with Crippen molar-refractivity contribution in [2.45, 2.75) is 12.5 Å². The topological polar surface area (TPSA) is 63.3 Å². The lowest BCUT2D eigenvalue weighted by Crippen LogP contribution is -2.42. The number of hydrogen-bond donors (Lipinski definition) is 2. The lowest BCUT2D eigenvalue weighted by Gasteiger charge is -2.19. The molecule has 0 radical (unpaired) electrons. The van der Waals surface area contributed by atoms with Crippen LogP contribution in [0, 0.1) is 5.82 Å². The lowest BCUT2D eigenvalue weighted by molar-refractivity contribution is -0.143. The molecule has 3 nitrogen and oxygen atoms in total. The molecule has 0 amide bonds. The van der Waals surface area contributed by atoms with Crippen molar-refractivity contribution in [1.82, 2.24) is 0 Å². The normalized spacial score (nSPS) is 13.9. The zero-order valence-corrected chi connectivity index (χ0v) is 8.34. The minimum atomic E-state index is -1.68. The van der Waals surface area contributed by atoms with Crippen molar-refractivity contribution in [2.75, 3.05) is 0 Å². The van der Waals surface area contributed by atoms with E-state index in [-0.39, 0.29) is 18.0 Å². The third kappa shape index (κ3) is 2.21. The maximum absolute atomic E-state index is 13.1. The van der Waals surface area contributed by atoms with Gasteiger partial charge in [0.25, 0.3) is 0 Å². The fourth-order valence-corrected chi connectivity index (χ4v) is 0.998. The number of carboxylic acid groups (broad SMARTS) is 1. The first-order chi connectivity index (χ1) is 5.96. The molecule has 0 saturated carbocycles. The molecule has 14 heavy (non-hydrogen) atoms. The standard InChI is InChI=1S/C9H10FNO2.ClH/c1-9(11,8(12)13)6-4-2-3-5-7(6)10;/h2-5H,11H2,1H3,(H,12,13);1H. The molecule has 0 aromatic heterocycles. The summed E-state index contributed by atoms with van der Waals surface area (Å²) in [6.07, 6.45) is 0. The average Bonchev–Trinajstić information content (AvgIpc) is 2.04. The smallest absolute Gasteiger partial charge is 0.328 e. The Morgan fingerprint density at radius 3 is 2.43 bits per heavy atom. The van der Waals surface area contributed by atoms with Crippen molar-refractivity contribution >= 4 is 18.4 Å². The summed E-state index contributed by atoms with van der Waals surface area (Å²) in [7, 11) is 0. The zero-order valence-electron chi connectivity index (χ0n) is 7.53. The number of carboxylic acids is 1. The Morgan fingerprint density at radius 1 is 1.50 bits per heavy atom. The van der Waals surface area contributed by atoms with Crippen LogP contribution in [0.25, 0.3) is 0 Å². The van der Waals surface area contributed by atoms with Crippen molar-refractivity contribution < 1.29 is 14.3 Å². The van der Waals surface area contributed by atoms with Crippen LogP contribution in [-0.4, -0.2) is 11.1 Å². The Morgan fingerprint density at radius 2 is 2.00 bits per heavy atom. The van der Waals surface area contributed by atoms with Crippen LogP contribution in [0.3, 0.4) is 0 Å². The molecular weight excluding hydrogens is 209 g/mol. The largest absolute Gasteiger partial charge is 0.480 e. The summed E-state index contributed by atoms with van der Waals surface area (Å²) in [5.74, 6) is -1.85. The fraction of sp³-hybridized carbons (Fsp3) is 0.222. The highest BCUT2D eigenvalue weighted by atomic mass is 35.5. The molecule has 0 spiro atoms. The van der Waals surface area contributed by atoms with Gasteiger partial charge >= 0.3 is 5.97 Å². The Hall–Kier alpha value is -1.13. The molecule has 78 valence electrons. The maximum atomic E-state index is 13.1. The number of carbonyl (C=O) groups is 1. The van der Waals surface area contributed by atoms with Gasteiger partial charge in [-0.3, -0.25) is 0 Å². The van der Waals surface area contributed by atoms with Crippen LogP contribution < -0.4 is 5.73 Å². The van der Waals surface area contributed by atoms with Gasteiger partial charge < -0.3 is 10.8 Å². The predicted molar refractivity (Wildman–Crippen MR) is 52.8 cm³/mol. The van der Waals surface area contributed by atoms with Gasteiger partial charge in [0.05, 0.1) is 0 Å². The summed E-state index contributed by atoms with van der Waals surface area (Å²) in [5, 5.41) is 8.73. The maximum Gasteiger partial charge on any atom is 0.328 e. The third-order valence-electron chi connectivity index (χ3n) is 1.88. The second-order valence-electron chi connectivity index (χ2n) is 2.99. The molecule has 0 heterocycles. The van der Waals surface area contributed by atoms with Gasteiger partial charge in [0.15, 0.2) is 0 Å². The molecule has 0 bridgehead atoms. The minimum absolute atomic E-state index is 0. The van der Waals surface area contributed by atoms with Crippen molar-refractivity contribution in [3.05, 3.63) is 35.6 Å². The van der Waals surface area contributed by atoms with Crippen LogP contribution in [0.15, 0.2) is 24.3 Å². The molecule has 1 atom stereocenters. The predicted octanol–water partition coefficient (Wildman–Crippen LogP) is 1.51.